The average Bonchev–Trinajstić information content (AvgIpc) is 3.12. The summed E-state index contributed by atoms with van der Waals surface area (Å²) < 4.78 is 51.6. The zero-order chi connectivity index (χ0) is 22.6. The van der Waals surface area contributed by atoms with Gasteiger partial charge in [0.05, 0.1) is 31.2 Å². The van der Waals surface area contributed by atoms with Gasteiger partial charge in [-0.15, -0.1) is 0 Å². The Bertz CT molecular complexity index is 1090. The van der Waals surface area contributed by atoms with E-state index in [2.05, 4.69) is 10.3 Å². The number of halogens is 3. The molecule has 0 radical (unpaired) electrons. The molecule has 10 heteroatoms. The lowest BCUT2D eigenvalue weighted by Crippen LogP contribution is -2.15. The molecule has 0 aliphatic rings. The molecular weight excluding hydrogens is 415 g/mol. The van der Waals surface area contributed by atoms with Gasteiger partial charge in [-0.2, -0.15) is 13.2 Å². The van der Waals surface area contributed by atoms with Crippen molar-refractivity contribution in [2.75, 3.05) is 19.0 Å². The number of ether oxygens (including phenoxy) is 2. The molecule has 0 saturated carbocycles. The van der Waals surface area contributed by atoms with Crippen LogP contribution in [-0.4, -0.2) is 35.1 Å². The van der Waals surface area contributed by atoms with E-state index in [-0.39, 0.29) is 36.2 Å². The molecule has 0 spiro atoms. The summed E-state index contributed by atoms with van der Waals surface area (Å²) in [7, 11) is 1.42. The molecule has 31 heavy (non-hydrogen) atoms. The Kier molecular flexibility index (Phi) is 6.47. The lowest BCUT2D eigenvalue weighted by atomic mass is 10.2. The van der Waals surface area contributed by atoms with Gasteiger partial charge >= 0.3 is 12.1 Å². The number of aromatic nitrogens is 2. The summed E-state index contributed by atoms with van der Waals surface area (Å²) in [4.78, 5) is 27.0. The van der Waals surface area contributed by atoms with E-state index in [0.29, 0.717) is 11.4 Å². The molecule has 0 aliphatic heterocycles. The summed E-state index contributed by atoms with van der Waals surface area (Å²) in [5.74, 6) is -1.55. The Morgan fingerprint density at radius 3 is 2.42 bits per heavy atom. The quantitative estimate of drug-likeness (QED) is 0.559. The lowest BCUT2D eigenvalue weighted by Gasteiger charge is -2.12. The average molecular weight is 435 g/mol. The lowest BCUT2D eigenvalue weighted by molar-refractivity contribution is -0.145. The summed E-state index contributed by atoms with van der Waals surface area (Å²) >= 11 is 0. The normalized spacial score (nSPS) is 11.4. The number of nitrogens with zero attached hydrogens (tertiary/aromatic N) is 2. The topological polar surface area (TPSA) is 82.5 Å². The van der Waals surface area contributed by atoms with Crippen LogP contribution >= 0.6 is 0 Å². The summed E-state index contributed by atoms with van der Waals surface area (Å²) in [6.45, 7) is 1.90. The summed E-state index contributed by atoms with van der Waals surface area (Å²) in [6.07, 6.45) is -4.80. The molecular formula is C21H20F3N3O4. The van der Waals surface area contributed by atoms with Gasteiger partial charge in [0.2, 0.25) is 11.7 Å². The van der Waals surface area contributed by atoms with Gasteiger partial charge in [-0.1, -0.05) is 0 Å². The number of rotatable bonds is 7. The number of fused-ring (bicyclic) bond motifs is 1. The monoisotopic (exact) mass is 435 g/mol. The van der Waals surface area contributed by atoms with E-state index in [9.17, 15) is 22.8 Å². The van der Waals surface area contributed by atoms with Crippen molar-refractivity contribution in [3.05, 3.63) is 48.3 Å². The van der Waals surface area contributed by atoms with Crippen molar-refractivity contribution in [3.8, 4) is 11.4 Å². The molecule has 1 amide bonds. The predicted molar refractivity (Wildman–Crippen MR) is 107 cm³/mol. The Balaban J connectivity index is 1.85. The summed E-state index contributed by atoms with van der Waals surface area (Å²) in [6, 6.07) is 10.3. The second-order valence-corrected chi connectivity index (χ2v) is 6.52. The second-order valence-electron chi connectivity index (χ2n) is 6.52. The molecule has 0 saturated heterocycles. The van der Waals surface area contributed by atoms with Crippen LogP contribution in [0.4, 0.5) is 18.9 Å². The molecule has 1 aromatic heterocycles. The largest absolute Gasteiger partial charge is 0.497 e. The highest BCUT2D eigenvalue weighted by molar-refractivity contribution is 5.92. The van der Waals surface area contributed by atoms with Gasteiger partial charge in [-0.05, 0) is 43.3 Å². The number of carbonyl (C=O) groups excluding carboxylic acids is 2. The first-order valence-electron chi connectivity index (χ1n) is 9.42. The molecule has 0 atom stereocenters. The SMILES string of the molecule is CCOC(=O)CCC(=O)Nc1ccc(-n2c(C(F)(F)F)nc3cc(OC)ccc32)cc1. The van der Waals surface area contributed by atoms with Crippen molar-refractivity contribution in [3.63, 3.8) is 0 Å². The van der Waals surface area contributed by atoms with Gasteiger partial charge in [0.25, 0.3) is 0 Å². The highest BCUT2D eigenvalue weighted by Gasteiger charge is 2.38. The van der Waals surface area contributed by atoms with Crippen molar-refractivity contribution in [1.29, 1.82) is 0 Å². The number of anilines is 1. The number of hydrogen-bond acceptors (Lipinski definition) is 5. The molecule has 164 valence electrons. The Hall–Kier alpha value is -3.56. The molecule has 3 rings (SSSR count). The Morgan fingerprint density at radius 1 is 1.10 bits per heavy atom. The van der Waals surface area contributed by atoms with Crippen LogP contribution in [0.15, 0.2) is 42.5 Å². The van der Waals surface area contributed by atoms with Crippen LogP contribution in [0, 0.1) is 0 Å². The number of alkyl halides is 3. The van der Waals surface area contributed by atoms with Crippen LogP contribution in [-0.2, 0) is 20.5 Å². The zero-order valence-electron chi connectivity index (χ0n) is 16.8. The second kappa shape index (κ2) is 9.07. The predicted octanol–water partition coefficient (Wildman–Crippen LogP) is 4.33. The van der Waals surface area contributed by atoms with E-state index < -0.39 is 23.9 Å². The molecule has 0 aliphatic carbocycles. The number of esters is 1. The number of carbonyl (C=O) groups is 2. The molecule has 7 nitrogen and oxygen atoms in total. The van der Waals surface area contributed by atoms with Gasteiger partial charge < -0.3 is 14.8 Å². The maximum absolute atomic E-state index is 13.6. The fourth-order valence-electron chi connectivity index (χ4n) is 3.00. The minimum Gasteiger partial charge on any atom is -0.497 e. The minimum atomic E-state index is -4.67. The maximum Gasteiger partial charge on any atom is 0.450 e. The van der Waals surface area contributed by atoms with Crippen LogP contribution in [0.2, 0.25) is 0 Å². The van der Waals surface area contributed by atoms with E-state index in [4.69, 9.17) is 9.47 Å². The third-order valence-corrected chi connectivity index (χ3v) is 4.39. The van der Waals surface area contributed by atoms with Crippen LogP contribution in [0.3, 0.4) is 0 Å². The number of methoxy groups -OCH3 is 1. The van der Waals surface area contributed by atoms with Gasteiger partial charge in [-0.3, -0.25) is 14.2 Å². The van der Waals surface area contributed by atoms with E-state index >= 15 is 0 Å². The number of nitrogens with one attached hydrogen (secondary N) is 1. The first kappa shape index (κ1) is 22.1. The number of imidazole rings is 1. The molecule has 0 bridgehead atoms. The zero-order valence-corrected chi connectivity index (χ0v) is 16.8. The maximum atomic E-state index is 13.6. The van der Waals surface area contributed by atoms with Crippen LogP contribution in [0.1, 0.15) is 25.6 Å². The standard InChI is InChI=1S/C21H20F3N3O4/c1-3-31-19(29)11-10-18(28)25-13-4-6-14(7-5-13)27-17-9-8-15(30-2)12-16(17)26-20(27)21(22,23)24/h4-9,12H,3,10-11H2,1-2H3,(H,25,28). The number of hydrogen-bond donors (Lipinski definition) is 1. The van der Waals surface area contributed by atoms with Crippen LogP contribution in [0.25, 0.3) is 16.7 Å². The third-order valence-electron chi connectivity index (χ3n) is 4.39. The van der Waals surface area contributed by atoms with Gasteiger partial charge in [0.15, 0.2) is 0 Å². The fourth-order valence-corrected chi connectivity index (χ4v) is 3.00. The Morgan fingerprint density at radius 2 is 1.81 bits per heavy atom. The van der Waals surface area contributed by atoms with E-state index in [1.54, 1.807) is 13.0 Å². The van der Waals surface area contributed by atoms with E-state index in [1.807, 2.05) is 0 Å². The summed E-state index contributed by atoms with van der Waals surface area (Å²) in [5, 5.41) is 2.60. The van der Waals surface area contributed by atoms with Gasteiger partial charge in [0.1, 0.15) is 5.75 Å². The van der Waals surface area contributed by atoms with Crippen molar-refractivity contribution in [2.24, 2.45) is 0 Å². The van der Waals surface area contributed by atoms with Gasteiger partial charge in [-0.25, -0.2) is 4.98 Å². The van der Waals surface area contributed by atoms with Crippen LogP contribution < -0.4 is 10.1 Å². The number of benzene rings is 2. The molecule has 0 unspecified atom stereocenters. The number of amides is 1. The van der Waals surface area contributed by atoms with Crippen molar-refractivity contribution < 1.29 is 32.2 Å². The molecule has 3 aromatic rings. The van der Waals surface area contributed by atoms with Gasteiger partial charge in [0, 0.05) is 23.9 Å². The van der Waals surface area contributed by atoms with E-state index in [1.165, 1.54) is 43.5 Å². The first-order chi connectivity index (χ1) is 14.7. The Labute approximate surface area is 175 Å². The molecule has 0 fully saturated rings. The first-order valence-corrected chi connectivity index (χ1v) is 9.42. The fraction of sp³-hybridized carbons (Fsp3) is 0.286. The van der Waals surface area contributed by atoms with Crippen molar-refractivity contribution in [1.82, 2.24) is 9.55 Å². The van der Waals surface area contributed by atoms with Crippen molar-refractivity contribution >= 4 is 28.6 Å². The minimum absolute atomic E-state index is 0.0583. The molecule has 2 aromatic carbocycles. The van der Waals surface area contributed by atoms with Crippen LogP contribution in [0.5, 0.6) is 5.75 Å². The van der Waals surface area contributed by atoms with Crippen molar-refractivity contribution in [2.45, 2.75) is 25.9 Å². The summed E-state index contributed by atoms with van der Waals surface area (Å²) in [5.41, 5.74) is 1.02. The smallest absolute Gasteiger partial charge is 0.450 e. The van der Waals surface area contributed by atoms with E-state index in [0.717, 1.165) is 4.57 Å². The molecule has 1 heterocycles. The third kappa shape index (κ3) is 5.14. The highest BCUT2D eigenvalue weighted by Crippen LogP contribution is 2.35. The highest BCUT2D eigenvalue weighted by atomic mass is 19.4. The molecule has 1 N–H and O–H groups in total.